The number of non-ortho nitro benzene ring substituents is 1. The maximum Gasteiger partial charge on any atom is 0.269 e. The Kier molecular flexibility index (Phi) is 5.27. The van der Waals surface area contributed by atoms with Crippen molar-refractivity contribution in [1.82, 2.24) is 4.90 Å². The second-order valence-electron chi connectivity index (χ2n) is 5.18. The summed E-state index contributed by atoms with van der Waals surface area (Å²) in [5.74, 6) is 0.587. The highest BCUT2D eigenvalue weighted by atomic mass is 32.2. The Bertz CT molecular complexity index is 775. The Balaban J connectivity index is 1.61. The van der Waals surface area contributed by atoms with Gasteiger partial charge in [0.1, 0.15) is 0 Å². The highest BCUT2D eigenvalue weighted by Crippen LogP contribution is 2.23. The van der Waals surface area contributed by atoms with Crippen LogP contribution in [-0.2, 0) is 17.0 Å². The largest absolute Gasteiger partial charge is 0.289 e. The van der Waals surface area contributed by atoms with Gasteiger partial charge in [0.15, 0.2) is 5.17 Å². The Hall–Kier alpha value is -2.19. The van der Waals surface area contributed by atoms with Crippen LogP contribution in [0.1, 0.15) is 10.4 Å². The smallest absolute Gasteiger partial charge is 0.269 e. The lowest BCUT2D eigenvalue weighted by Gasteiger charge is -2.17. The number of rotatable bonds is 5. The summed E-state index contributed by atoms with van der Waals surface area (Å²) < 4.78 is 0. The number of amides is 1. The van der Waals surface area contributed by atoms with Gasteiger partial charge >= 0.3 is 0 Å². The molecule has 8 heteroatoms. The summed E-state index contributed by atoms with van der Waals surface area (Å²) in [7, 11) is 0. The van der Waals surface area contributed by atoms with E-state index in [1.54, 1.807) is 28.4 Å². The molecule has 0 spiro atoms. The Morgan fingerprint density at radius 1 is 1.38 bits per heavy atom. The zero-order chi connectivity index (χ0) is 16.9. The van der Waals surface area contributed by atoms with E-state index in [9.17, 15) is 14.9 Å². The molecule has 0 bridgehead atoms. The van der Waals surface area contributed by atoms with Crippen LogP contribution in [0.25, 0.3) is 0 Å². The average molecular weight is 361 g/mol. The highest BCUT2D eigenvalue weighted by molar-refractivity contribution is 8.13. The Morgan fingerprint density at radius 2 is 2.25 bits per heavy atom. The molecule has 1 aromatic carbocycles. The summed E-state index contributed by atoms with van der Waals surface area (Å²) in [5.41, 5.74) is 0.918. The van der Waals surface area contributed by atoms with Crippen LogP contribution in [-0.4, -0.2) is 34.0 Å². The molecule has 0 radical (unpaired) electrons. The van der Waals surface area contributed by atoms with Crippen molar-refractivity contribution in [2.75, 3.05) is 13.1 Å². The number of nitro benzene ring substituents is 1. The molecule has 0 saturated heterocycles. The first kappa shape index (κ1) is 16.7. The van der Waals surface area contributed by atoms with E-state index in [-0.39, 0.29) is 11.6 Å². The van der Waals surface area contributed by atoms with E-state index < -0.39 is 4.92 Å². The number of carbonyl (C=O) groups is 1. The predicted molar refractivity (Wildman–Crippen MR) is 96.4 cm³/mol. The fourth-order valence-corrected chi connectivity index (χ4v) is 4.05. The van der Waals surface area contributed by atoms with Gasteiger partial charge in [-0.25, -0.2) is 0 Å². The lowest BCUT2D eigenvalue weighted by atomic mass is 10.2. The number of thioether (sulfide) groups is 1. The molecule has 1 aliphatic rings. The summed E-state index contributed by atoms with van der Waals surface area (Å²) in [5, 5.41) is 13.5. The van der Waals surface area contributed by atoms with Crippen molar-refractivity contribution in [3.8, 4) is 0 Å². The van der Waals surface area contributed by atoms with Gasteiger partial charge in [-0.2, -0.15) is 0 Å². The SMILES string of the molecule is O=C(Cc1cccs1)N1CCN=C1SCc1cccc([N+](=O)[O-])c1. The quantitative estimate of drug-likeness (QED) is 0.605. The van der Waals surface area contributed by atoms with Gasteiger partial charge in [-0.3, -0.25) is 24.8 Å². The van der Waals surface area contributed by atoms with Crippen LogP contribution in [0, 0.1) is 10.1 Å². The minimum absolute atomic E-state index is 0.0419. The first-order valence-corrected chi connectivity index (χ1v) is 9.23. The summed E-state index contributed by atoms with van der Waals surface area (Å²) in [6.45, 7) is 1.20. The van der Waals surface area contributed by atoms with Gasteiger partial charge in [-0.15, -0.1) is 11.3 Å². The molecule has 1 aromatic heterocycles. The first-order chi connectivity index (χ1) is 11.6. The molecule has 0 aliphatic carbocycles. The molecule has 1 aliphatic heterocycles. The molecule has 0 fully saturated rings. The summed E-state index contributed by atoms with van der Waals surface area (Å²) in [6, 6.07) is 10.4. The zero-order valence-corrected chi connectivity index (χ0v) is 14.4. The molecule has 6 nitrogen and oxygen atoms in total. The standard InChI is InChI=1S/C16H15N3O3S2/c20-15(10-14-5-2-8-23-14)18-7-6-17-16(18)24-11-12-3-1-4-13(9-12)19(21)22/h1-5,8-9H,6-7,10-11H2. The maximum absolute atomic E-state index is 12.4. The predicted octanol–water partition coefficient (Wildman–Crippen LogP) is 3.33. The van der Waals surface area contributed by atoms with E-state index in [0.29, 0.717) is 30.4 Å². The molecule has 1 amide bonds. The number of amidine groups is 1. The number of carbonyl (C=O) groups excluding carboxylic acids is 1. The van der Waals surface area contributed by atoms with E-state index in [2.05, 4.69) is 4.99 Å². The van der Waals surface area contributed by atoms with Crippen LogP contribution in [0.5, 0.6) is 0 Å². The van der Waals surface area contributed by atoms with Gasteiger partial charge in [-0.05, 0) is 17.0 Å². The molecule has 3 rings (SSSR count). The van der Waals surface area contributed by atoms with Crippen molar-refractivity contribution < 1.29 is 9.72 Å². The van der Waals surface area contributed by atoms with Crippen molar-refractivity contribution in [3.63, 3.8) is 0 Å². The average Bonchev–Trinajstić information content (AvgIpc) is 3.24. The van der Waals surface area contributed by atoms with Gasteiger partial charge in [0.2, 0.25) is 5.91 Å². The molecule has 2 heterocycles. The van der Waals surface area contributed by atoms with Crippen LogP contribution >= 0.6 is 23.1 Å². The molecule has 0 N–H and O–H groups in total. The normalized spacial score (nSPS) is 13.8. The van der Waals surface area contributed by atoms with Gasteiger partial charge in [0, 0.05) is 29.3 Å². The number of nitrogens with zero attached hydrogens (tertiary/aromatic N) is 3. The molecule has 124 valence electrons. The fourth-order valence-electron chi connectivity index (χ4n) is 2.35. The third kappa shape index (κ3) is 4.01. The van der Waals surface area contributed by atoms with Crippen LogP contribution < -0.4 is 0 Å². The van der Waals surface area contributed by atoms with Crippen LogP contribution in [0.4, 0.5) is 5.69 Å². The van der Waals surface area contributed by atoms with Crippen molar-refractivity contribution >= 4 is 39.9 Å². The van der Waals surface area contributed by atoms with Gasteiger partial charge < -0.3 is 0 Å². The zero-order valence-electron chi connectivity index (χ0n) is 12.8. The number of hydrogen-bond donors (Lipinski definition) is 0. The second-order valence-corrected chi connectivity index (χ2v) is 7.16. The lowest BCUT2D eigenvalue weighted by molar-refractivity contribution is -0.384. The number of hydrogen-bond acceptors (Lipinski definition) is 6. The molecular weight excluding hydrogens is 346 g/mol. The molecule has 24 heavy (non-hydrogen) atoms. The summed E-state index contributed by atoms with van der Waals surface area (Å²) in [6.07, 6.45) is 0.383. The minimum atomic E-state index is -0.405. The van der Waals surface area contributed by atoms with E-state index in [4.69, 9.17) is 0 Å². The van der Waals surface area contributed by atoms with E-state index in [0.717, 1.165) is 10.4 Å². The Morgan fingerprint density at radius 3 is 3.00 bits per heavy atom. The third-order valence-corrected chi connectivity index (χ3v) is 5.46. The van der Waals surface area contributed by atoms with Crippen LogP contribution in [0.2, 0.25) is 0 Å². The number of aliphatic imine (C=N–C) groups is 1. The van der Waals surface area contributed by atoms with Crippen LogP contribution in [0.15, 0.2) is 46.8 Å². The van der Waals surface area contributed by atoms with Gasteiger partial charge in [0.25, 0.3) is 5.69 Å². The third-order valence-electron chi connectivity index (χ3n) is 3.50. The topological polar surface area (TPSA) is 75.8 Å². The first-order valence-electron chi connectivity index (χ1n) is 7.37. The molecule has 0 unspecified atom stereocenters. The minimum Gasteiger partial charge on any atom is -0.289 e. The maximum atomic E-state index is 12.4. The number of nitro groups is 1. The van der Waals surface area contributed by atoms with Gasteiger partial charge in [-0.1, -0.05) is 30.0 Å². The lowest BCUT2D eigenvalue weighted by Crippen LogP contribution is -2.33. The number of benzene rings is 1. The molecule has 0 saturated carbocycles. The van der Waals surface area contributed by atoms with E-state index in [1.165, 1.54) is 17.8 Å². The van der Waals surface area contributed by atoms with Crippen LogP contribution in [0.3, 0.4) is 0 Å². The molecule has 2 aromatic rings. The van der Waals surface area contributed by atoms with Crippen molar-refractivity contribution in [1.29, 1.82) is 0 Å². The summed E-state index contributed by atoms with van der Waals surface area (Å²) in [4.78, 5) is 30.0. The number of thiophene rings is 1. The second kappa shape index (κ2) is 7.59. The fraction of sp³-hybridized carbons (Fsp3) is 0.250. The molecular formula is C16H15N3O3S2. The monoisotopic (exact) mass is 361 g/mol. The Labute approximate surface area is 147 Å². The highest BCUT2D eigenvalue weighted by Gasteiger charge is 2.24. The van der Waals surface area contributed by atoms with Gasteiger partial charge in [0.05, 0.1) is 17.9 Å². The van der Waals surface area contributed by atoms with E-state index in [1.807, 2.05) is 23.6 Å². The van der Waals surface area contributed by atoms with E-state index >= 15 is 0 Å². The van der Waals surface area contributed by atoms with Crippen molar-refractivity contribution in [3.05, 3.63) is 62.3 Å². The van der Waals surface area contributed by atoms with Crippen molar-refractivity contribution in [2.45, 2.75) is 12.2 Å². The molecule has 0 atom stereocenters. The summed E-state index contributed by atoms with van der Waals surface area (Å²) >= 11 is 3.01. The van der Waals surface area contributed by atoms with Crippen molar-refractivity contribution in [2.24, 2.45) is 4.99 Å².